The van der Waals surface area contributed by atoms with Crippen molar-refractivity contribution < 1.29 is 14.4 Å². The third-order valence-corrected chi connectivity index (χ3v) is 5.27. The highest BCUT2D eigenvalue weighted by Crippen LogP contribution is 2.18. The lowest BCUT2D eigenvalue weighted by Gasteiger charge is -2.12. The van der Waals surface area contributed by atoms with Crippen molar-refractivity contribution in [2.45, 2.75) is 27.2 Å². The zero-order chi connectivity index (χ0) is 22.4. The molecule has 3 rings (SSSR count). The first-order chi connectivity index (χ1) is 14.9. The third-order valence-electron chi connectivity index (χ3n) is 5.27. The molecule has 0 aliphatic carbocycles. The topological polar surface area (TPSA) is 75.3 Å². The number of rotatable bonds is 7. The smallest absolute Gasteiger partial charge is 0.252 e. The molecule has 158 valence electrons. The van der Waals surface area contributed by atoms with Crippen molar-refractivity contribution in [1.29, 1.82) is 0 Å². The van der Waals surface area contributed by atoms with Gasteiger partial charge >= 0.3 is 0 Å². The fraction of sp³-hybridized carbons (Fsp3) is 0.192. The molecular weight excluding hydrogens is 388 g/mol. The molecule has 31 heavy (non-hydrogen) atoms. The van der Waals surface area contributed by atoms with Crippen molar-refractivity contribution >= 4 is 23.3 Å². The molecule has 3 aromatic rings. The number of hydrogen-bond acceptors (Lipinski definition) is 3. The van der Waals surface area contributed by atoms with Gasteiger partial charge in [0.2, 0.25) is 5.91 Å². The maximum atomic E-state index is 13.0. The van der Waals surface area contributed by atoms with E-state index in [2.05, 4.69) is 10.6 Å². The minimum Gasteiger partial charge on any atom is -0.343 e. The number of anilines is 1. The molecule has 0 heterocycles. The monoisotopic (exact) mass is 414 g/mol. The molecular formula is C26H26N2O3. The van der Waals surface area contributed by atoms with E-state index in [1.807, 2.05) is 57.2 Å². The van der Waals surface area contributed by atoms with E-state index in [1.165, 1.54) is 0 Å². The molecule has 5 nitrogen and oxygen atoms in total. The number of aryl methyl sites for hydroxylation is 3. The predicted molar refractivity (Wildman–Crippen MR) is 123 cm³/mol. The first-order valence-electron chi connectivity index (χ1n) is 10.3. The highest BCUT2D eigenvalue weighted by Gasteiger charge is 2.19. The Hall–Kier alpha value is -3.73. The van der Waals surface area contributed by atoms with Crippen molar-refractivity contribution in [2.24, 2.45) is 0 Å². The lowest BCUT2D eigenvalue weighted by Crippen LogP contribution is -2.33. The standard InChI is InChI=1S/C26H26N2O3/c1-4-19-9-5-8-12-23(19)28-24(29)16-27-26(31)22-11-7-6-10-21(22)25(30)20-14-13-17(2)18(3)15-20/h5-15H,4,16H2,1-3H3,(H,27,31)(H,28,29). The summed E-state index contributed by atoms with van der Waals surface area (Å²) in [4.78, 5) is 38.1. The quantitative estimate of drug-likeness (QED) is 0.560. The van der Waals surface area contributed by atoms with Crippen molar-refractivity contribution in [2.75, 3.05) is 11.9 Å². The van der Waals surface area contributed by atoms with Crippen molar-refractivity contribution in [3.05, 3.63) is 100 Å². The van der Waals surface area contributed by atoms with E-state index < -0.39 is 5.91 Å². The van der Waals surface area contributed by atoms with Gasteiger partial charge in [-0.15, -0.1) is 0 Å². The molecule has 0 saturated carbocycles. The molecule has 0 aliphatic heterocycles. The highest BCUT2D eigenvalue weighted by molar-refractivity contribution is 6.15. The highest BCUT2D eigenvalue weighted by atomic mass is 16.2. The maximum Gasteiger partial charge on any atom is 0.252 e. The van der Waals surface area contributed by atoms with Crippen LogP contribution in [-0.2, 0) is 11.2 Å². The molecule has 3 aromatic carbocycles. The molecule has 5 heteroatoms. The van der Waals surface area contributed by atoms with Crippen molar-refractivity contribution in [1.82, 2.24) is 5.32 Å². The van der Waals surface area contributed by atoms with Crippen LogP contribution in [0.2, 0.25) is 0 Å². The number of benzene rings is 3. The van der Waals surface area contributed by atoms with Gasteiger partial charge < -0.3 is 10.6 Å². The number of ketones is 1. The van der Waals surface area contributed by atoms with E-state index in [0.29, 0.717) is 11.1 Å². The zero-order valence-electron chi connectivity index (χ0n) is 18.0. The Labute approximate surface area is 182 Å². The fourth-order valence-electron chi connectivity index (χ4n) is 3.32. The molecule has 0 fully saturated rings. The summed E-state index contributed by atoms with van der Waals surface area (Å²) in [5, 5.41) is 5.44. The normalized spacial score (nSPS) is 10.4. The van der Waals surface area contributed by atoms with Crippen LogP contribution in [0, 0.1) is 13.8 Å². The molecule has 0 radical (unpaired) electrons. The molecule has 2 amide bonds. The Bertz CT molecular complexity index is 1140. The van der Waals surface area contributed by atoms with E-state index in [4.69, 9.17) is 0 Å². The molecule has 0 unspecified atom stereocenters. The summed E-state index contributed by atoms with van der Waals surface area (Å²) in [6.45, 7) is 5.74. The van der Waals surface area contributed by atoms with Crippen LogP contribution in [0.1, 0.15) is 49.9 Å². The van der Waals surface area contributed by atoms with Gasteiger partial charge in [0.1, 0.15) is 0 Å². The summed E-state index contributed by atoms with van der Waals surface area (Å²) in [5.74, 6) is -1.02. The number of carbonyl (C=O) groups excluding carboxylic acids is 3. The Kier molecular flexibility index (Phi) is 6.98. The van der Waals surface area contributed by atoms with Crippen LogP contribution in [-0.4, -0.2) is 24.1 Å². The summed E-state index contributed by atoms with van der Waals surface area (Å²) >= 11 is 0. The summed E-state index contributed by atoms with van der Waals surface area (Å²) in [5.41, 5.74) is 4.93. The summed E-state index contributed by atoms with van der Waals surface area (Å²) in [6.07, 6.45) is 0.788. The van der Waals surface area contributed by atoms with E-state index in [9.17, 15) is 14.4 Å². The fourth-order valence-corrected chi connectivity index (χ4v) is 3.32. The lowest BCUT2D eigenvalue weighted by molar-refractivity contribution is -0.115. The number of amides is 2. The van der Waals surface area contributed by atoms with Gasteiger partial charge in [0.05, 0.1) is 12.1 Å². The van der Waals surface area contributed by atoms with Gasteiger partial charge in [-0.05, 0) is 55.2 Å². The van der Waals surface area contributed by atoms with Gasteiger partial charge in [-0.1, -0.05) is 55.5 Å². The van der Waals surface area contributed by atoms with Crippen LogP contribution in [0.4, 0.5) is 5.69 Å². The third kappa shape index (κ3) is 5.25. The Balaban J connectivity index is 1.72. The molecule has 0 spiro atoms. The van der Waals surface area contributed by atoms with E-state index in [0.717, 1.165) is 28.8 Å². The van der Waals surface area contributed by atoms with Gasteiger partial charge in [0, 0.05) is 16.8 Å². The van der Waals surface area contributed by atoms with Crippen LogP contribution < -0.4 is 10.6 Å². The molecule has 0 atom stereocenters. The maximum absolute atomic E-state index is 13.0. The second kappa shape index (κ2) is 9.85. The second-order valence-electron chi connectivity index (χ2n) is 7.42. The number of hydrogen-bond donors (Lipinski definition) is 2. The van der Waals surface area contributed by atoms with E-state index in [-0.39, 0.29) is 23.8 Å². The minimum atomic E-state index is -0.466. The predicted octanol–water partition coefficient (Wildman–Crippen LogP) is 4.47. The largest absolute Gasteiger partial charge is 0.343 e. The Morgan fingerprint density at radius 2 is 1.48 bits per heavy atom. The average molecular weight is 415 g/mol. The van der Waals surface area contributed by atoms with Gasteiger partial charge in [-0.25, -0.2) is 0 Å². The van der Waals surface area contributed by atoms with Crippen molar-refractivity contribution in [3.63, 3.8) is 0 Å². The zero-order valence-corrected chi connectivity index (χ0v) is 18.0. The van der Waals surface area contributed by atoms with Crippen LogP contribution >= 0.6 is 0 Å². The lowest BCUT2D eigenvalue weighted by atomic mass is 9.95. The Morgan fingerprint density at radius 3 is 2.19 bits per heavy atom. The number of carbonyl (C=O) groups is 3. The molecule has 0 aliphatic rings. The van der Waals surface area contributed by atoms with Crippen LogP contribution in [0.15, 0.2) is 66.7 Å². The van der Waals surface area contributed by atoms with Crippen LogP contribution in [0.5, 0.6) is 0 Å². The second-order valence-corrected chi connectivity index (χ2v) is 7.42. The van der Waals surface area contributed by atoms with Crippen LogP contribution in [0.3, 0.4) is 0 Å². The number of para-hydroxylation sites is 1. The van der Waals surface area contributed by atoms with Gasteiger partial charge in [-0.2, -0.15) is 0 Å². The van der Waals surface area contributed by atoms with Gasteiger partial charge in [-0.3, -0.25) is 14.4 Å². The molecule has 0 aromatic heterocycles. The molecule has 0 bridgehead atoms. The minimum absolute atomic E-state index is 0.191. The van der Waals surface area contributed by atoms with Gasteiger partial charge in [0.15, 0.2) is 5.78 Å². The average Bonchev–Trinajstić information content (AvgIpc) is 2.79. The first-order valence-corrected chi connectivity index (χ1v) is 10.3. The van der Waals surface area contributed by atoms with Crippen LogP contribution in [0.25, 0.3) is 0 Å². The van der Waals surface area contributed by atoms with Gasteiger partial charge in [0.25, 0.3) is 5.91 Å². The molecule has 0 saturated heterocycles. The van der Waals surface area contributed by atoms with E-state index in [1.54, 1.807) is 30.3 Å². The van der Waals surface area contributed by atoms with Crippen molar-refractivity contribution in [3.8, 4) is 0 Å². The first kappa shape index (κ1) is 22.0. The Morgan fingerprint density at radius 1 is 0.806 bits per heavy atom. The number of nitrogens with one attached hydrogen (secondary N) is 2. The summed E-state index contributed by atoms with van der Waals surface area (Å²) in [6, 6.07) is 19.7. The molecule has 2 N–H and O–H groups in total. The SMILES string of the molecule is CCc1ccccc1NC(=O)CNC(=O)c1ccccc1C(=O)c1ccc(C)c(C)c1. The summed E-state index contributed by atoms with van der Waals surface area (Å²) in [7, 11) is 0. The van der Waals surface area contributed by atoms with E-state index >= 15 is 0 Å². The summed E-state index contributed by atoms with van der Waals surface area (Å²) < 4.78 is 0.